The minimum atomic E-state index is -3.78. The Bertz CT molecular complexity index is 776. The lowest BCUT2D eigenvalue weighted by atomic mass is 10.2. The van der Waals surface area contributed by atoms with Crippen LogP contribution in [0.25, 0.3) is 0 Å². The van der Waals surface area contributed by atoms with Crippen molar-refractivity contribution in [3.8, 4) is 0 Å². The summed E-state index contributed by atoms with van der Waals surface area (Å²) in [6.45, 7) is -0.112. The molecule has 0 amide bonds. The maximum absolute atomic E-state index is 12.4. The Morgan fingerprint density at radius 3 is 2.33 bits per heavy atom. The van der Waals surface area contributed by atoms with Crippen LogP contribution in [0.1, 0.15) is 5.56 Å². The second-order valence-electron chi connectivity index (χ2n) is 4.56. The van der Waals surface area contributed by atoms with Crippen molar-refractivity contribution in [3.63, 3.8) is 0 Å². The molecule has 0 unspecified atom stereocenters. The molecule has 6 nitrogen and oxygen atoms in total. The first-order chi connectivity index (χ1) is 9.63. The van der Waals surface area contributed by atoms with Crippen LogP contribution in [0.3, 0.4) is 0 Å². The van der Waals surface area contributed by atoms with Crippen LogP contribution >= 0.6 is 23.8 Å². The predicted octanol–water partition coefficient (Wildman–Crippen LogP) is 0.393. The summed E-state index contributed by atoms with van der Waals surface area (Å²) in [5.41, 5.74) is 5.86. The number of benzene rings is 1. The highest BCUT2D eigenvalue weighted by Crippen LogP contribution is 2.24. The topological polar surface area (TPSA) is 97.5 Å². The first kappa shape index (κ1) is 16.6. The van der Waals surface area contributed by atoms with E-state index >= 15 is 0 Å². The van der Waals surface area contributed by atoms with Gasteiger partial charge in [0.25, 0.3) is 0 Å². The zero-order valence-electron chi connectivity index (χ0n) is 10.8. The van der Waals surface area contributed by atoms with Crippen LogP contribution in [0.4, 0.5) is 0 Å². The van der Waals surface area contributed by atoms with Crippen LogP contribution in [0.5, 0.6) is 0 Å². The molecule has 1 fully saturated rings. The van der Waals surface area contributed by atoms with E-state index in [2.05, 4.69) is 0 Å². The van der Waals surface area contributed by atoms with Gasteiger partial charge < -0.3 is 5.73 Å². The van der Waals surface area contributed by atoms with E-state index in [1.165, 1.54) is 18.2 Å². The molecule has 1 heterocycles. The average Bonchev–Trinajstić information content (AvgIpc) is 2.37. The fraction of sp³-hybridized carbons (Fsp3) is 0.364. The Kier molecular flexibility index (Phi) is 4.60. The van der Waals surface area contributed by atoms with Gasteiger partial charge in [-0.1, -0.05) is 23.8 Å². The molecule has 116 valence electrons. The quantitative estimate of drug-likeness (QED) is 0.775. The molecule has 1 aliphatic rings. The maximum Gasteiger partial charge on any atom is 0.243 e. The standard InChI is InChI=1S/C11H13ClN2O4S3/c12-10-7-8(1-2-9(10)11(13)19)21(17,18)14-3-5-20(15,16)6-4-14/h1-2,7H,3-6H2,(H2,13,19). The Morgan fingerprint density at radius 1 is 1.29 bits per heavy atom. The summed E-state index contributed by atoms with van der Waals surface area (Å²) in [6.07, 6.45) is 0. The van der Waals surface area contributed by atoms with Crippen LogP contribution in [0.15, 0.2) is 23.1 Å². The van der Waals surface area contributed by atoms with E-state index in [1.54, 1.807) is 0 Å². The summed E-state index contributed by atoms with van der Waals surface area (Å²) in [4.78, 5) is 0.0693. The first-order valence-electron chi connectivity index (χ1n) is 5.93. The highest BCUT2D eigenvalue weighted by atomic mass is 35.5. The van der Waals surface area contributed by atoms with Crippen molar-refractivity contribution >= 4 is 48.7 Å². The van der Waals surface area contributed by atoms with Gasteiger partial charge in [-0.05, 0) is 18.2 Å². The molecule has 2 rings (SSSR count). The molecule has 0 atom stereocenters. The lowest BCUT2D eigenvalue weighted by Gasteiger charge is -2.26. The number of sulfonamides is 1. The summed E-state index contributed by atoms with van der Waals surface area (Å²) in [7, 11) is -6.93. The van der Waals surface area contributed by atoms with E-state index in [0.29, 0.717) is 5.56 Å². The van der Waals surface area contributed by atoms with E-state index in [9.17, 15) is 16.8 Å². The molecule has 1 aromatic carbocycles. The largest absolute Gasteiger partial charge is 0.389 e. The van der Waals surface area contributed by atoms with Crippen molar-refractivity contribution in [1.82, 2.24) is 4.31 Å². The molecule has 21 heavy (non-hydrogen) atoms. The van der Waals surface area contributed by atoms with Gasteiger partial charge in [0, 0.05) is 18.7 Å². The molecule has 1 aliphatic heterocycles. The third-order valence-corrected chi connectivity index (χ3v) is 7.18. The smallest absolute Gasteiger partial charge is 0.243 e. The molecule has 0 radical (unpaired) electrons. The van der Waals surface area contributed by atoms with E-state index in [1.807, 2.05) is 0 Å². The lowest BCUT2D eigenvalue weighted by Crippen LogP contribution is -2.43. The molecule has 0 saturated carbocycles. The molecule has 0 aromatic heterocycles. The van der Waals surface area contributed by atoms with Gasteiger partial charge in [0.05, 0.1) is 21.4 Å². The van der Waals surface area contributed by atoms with Crippen LogP contribution < -0.4 is 5.73 Å². The highest BCUT2D eigenvalue weighted by molar-refractivity contribution is 7.92. The Balaban J connectivity index is 2.33. The minimum absolute atomic E-state index is 0.00759. The van der Waals surface area contributed by atoms with Crippen LogP contribution in [0.2, 0.25) is 5.02 Å². The molecular weight excluding hydrogens is 356 g/mol. The van der Waals surface area contributed by atoms with Gasteiger partial charge in [-0.15, -0.1) is 0 Å². The van der Waals surface area contributed by atoms with E-state index in [4.69, 9.17) is 29.6 Å². The fourth-order valence-electron chi connectivity index (χ4n) is 1.94. The predicted molar refractivity (Wildman–Crippen MR) is 84.8 cm³/mol. The van der Waals surface area contributed by atoms with Crippen molar-refractivity contribution < 1.29 is 16.8 Å². The molecule has 0 aliphatic carbocycles. The second kappa shape index (κ2) is 5.81. The number of halogens is 1. The number of hydrogen-bond acceptors (Lipinski definition) is 5. The third kappa shape index (κ3) is 3.54. The van der Waals surface area contributed by atoms with Crippen LogP contribution in [-0.2, 0) is 19.9 Å². The summed E-state index contributed by atoms with van der Waals surface area (Å²) in [5, 5.41) is 0.146. The number of hydrogen-bond donors (Lipinski definition) is 1. The third-order valence-electron chi connectivity index (χ3n) is 3.15. The fourth-order valence-corrected chi connectivity index (χ4v) is 5.42. The second-order valence-corrected chi connectivity index (χ2v) is 9.65. The molecule has 2 N–H and O–H groups in total. The number of thiocarbonyl (C=S) groups is 1. The summed E-state index contributed by atoms with van der Waals surface area (Å²) >= 11 is 10.8. The zero-order chi connectivity index (χ0) is 15.8. The van der Waals surface area contributed by atoms with Gasteiger partial charge in [-0.3, -0.25) is 0 Å². The summed E-state index contributed by atoms with van der Waals surface area (Å²) < 4.78 is 48.7. The Hall–Kier alpha value is -0.740. The van der Waals surface area contributed by atoms with Crippen LogP contribution in [-0.4, -0.2) is 50.7 Å². The van der Waals surface area contributed by atoms with E-state index in [0.717, 1.165) is 4.31 Å². The van der Waals surface area contributed by atoms with Gasteiger partial charge >= 0.3 is 0 Å². The Morgan fingerprint density at radius 2 is 1.86 bits per heavy atom. The summed E-state index contributed by atoms with van der Waals surface area (Å²) in [5.74, 6) is -0.351. The first-order valence-corrected chi connectivity index (χ1v) is 9.98. The van der Waals surface area contributed by atoms with Crippen molar-refractivity contribution in [3.05, 3.63) is 28.8 Å². The van der Waals surface area contributed by atoms with Gasteiger partial charge in [0.2, 0.25) is 10.0 Å². The normalized spacial score (nSPS) is 19.3. The SMILES string of the molecule is NC(=S)c1ccc(S(=O)(=O)N2CCS(=O)(=O)CC2)cc1Cl. The monoisotopic (exact) mass is 368 g/mol. The summed E-state index contributed by atoms with van der Waals surface area (Å²) in [6, 6.07) is 4.07. The van der Waals surface area contributed by atoms with Crippen LogP contribution in [0, 0.1) is 0 Å². The van der Waals surface area contributed by atoms with E-state index in [-0.39, 0.29) is 39.5 Å². The molecule has 10 heteroatoms. The zero-order valence-corrected chi connectivity index (χ0v) is 14.0. The van der Waals surface area contributed by atoms with Gasteiger partial charge in [0.1, 0.15) is 4.99 Å². The van der Waals surface area contributed by atoms with Crippen molar-refractivity contribution in [2.75, 3.05) is 24.6 Å². The molecule has 0 bridgehead atoms. The van der Waals surface area contributed by atoms with E-state index < -0.39 is 19.9 Å². The number of nitrogens with two attached hydrogens (primary N) is 1. The highest BCUT2D eigenvalue weighted by Gasteiger charge is 2.31. The number of nitrogens with zero attached hydrogens (tertiary/aromatic N) is 1. The van der Waals surface area contributed by atoms with Crippen molar-refractivity contribution in [2.45, 2.75) is 4.90 Å². The molecular formula is C11H13ClN2O4S3. The minimum Gasteiger partial charge on any atom is -0.389 e. The molecule has 1 saturated heterocycles. The van der Waals surface area contributed by atoms with Gasteiger partial charge in [-0.25, -0.2) is 16.8 Å². The van der Waals surface area contributed by atoms with Gasteiger partial charge in [-0.2, -0.15) is 4.31 Å². The lowest BCUT2D eigenvalue weighted by molar-refractivity contribution is 0.431. The number of rotatable bonds is 3. The number of sulfone groups is 1. The Labute approximate surface area is 133 Å². The molecule has 0 spiro atoms. The molecule has 1 aromatic rings. The average molecular weight is 369 g/mol. The van der Waals surface area contributed by atoms with Crippen molar-refractivity contribution in [1.29, 1.82) is 0 Å². The van der Waals surface area contributed by atoms with Crippen molar-refractivity contribution in [2.24, 2.45) is 5.73 Å². The van der Waals surface area contributed by atoms with Gasteiger partial charge in [0.15, 0.2) is 9.84 Å². The maximum atomic E-state index is 12.4.